The summed E-state index contributed by atoms with van der Waals surface area (Å²) < 4.78 is 5.37. The molecular formula is C20H34N2O2S. The van der Waals surface area contributed by atoms with Crippen LogP contribution in [0.15, 0.2) is 24.3 Å². The van der Waals surface area contributed by atoms with Crippen LogP contribution in [0.25, 0.3) is 0 Å². The van der Waals surface area contributed by atoms with Gasteiger partial charge in [-0.1, -0.05) is 45.0 Å². The normalized spacial score (nSPS) is 18.8. The summed E-state index contributed by atoms with van der Waals surface area (Å²) in [6, 6.07) is 7.84. The van der Waals surface area contributed by atoms with Gasteiger partial charge in [-0.05, 0) is 49.8 Å². The van der Waals surface area contributed by atoms with Gasteiger partial charge in [-0.2, -0.15) is 12.6 Å². The first kappa shape index (κ1) is 23.5. The summed E-state index contributed by atoms with van der Waals surface area (Å²) in [6.45, 7) is 6.12. The average molecular weight is 367 g/mol. The Labute approximate surface area is 158 Å². The van der Waals surface area contributed by atoms with Crippen LogP contribution in [0.4, 0.5) is 0 Å². The van der Waals surface area contributed by atoms with E-state index in [-0.39, 0.29) is 17.9 Å². The van der Waals surface area contributed by atoms with Crippen molar-refractivity contribution in [1.29, 1.82) is 5.41 Å². The highest BCUT2D eigenvalue weighted by Gasteiger charge is 2.25. The summed E-state index contributed by atoms with van der Waals surface area (Å²) in [4.78, 5) is 11.4. The van der Waals surface area contributed by atoms with E-state index in [4.69, 9.17) is 15.9 Å². The van der Waals surface area contributed by atoms with Gasteiger partial charge >= 0.3 is 5.97 Å². The smallest absolute Gasteiger partial charge is 0.306 e. The van der Waals surface area contributed by atoms with Crippen LogP contribution in [0.2, 0.25) is 0 Å². The zero-order valence-corrected chi connectivity index (χ0v) is 16.9. The number of benzene rings is 1. The lowest BCUT2D eigenvalue weighted by Gasteiger charge is -2.26. The minimum atomic E-state index is -0.0430. The molecule has 0 saturated carbocycles. The Bertz CT molecular complexity index is 503. The van der Waals surface area contributed by atoms with Crippen molar-refractivity contribution in [3.05, 3.63) is 35.4 Å². The number of esters is 1. The van der Waals surface area contributed by atoms with Gasteiger partial charge in [0, 0.05) is 12.0 Å². The number of nitrogen functional groups attached to an aromatic ring is 1. The second-order valence-electron chi connectivity index (χ2n) is 6.01. The van der Waals surface area contributed by atoms with Crippen LogP contribution in [0.5, 0.6) is 0 Å². The van der Waals surface area contributed by atoms with E-state index in [1.54, 1.807) is 6.26 Å². The molecule has 142 valence electrons. The van der Waals surface area contributed by atoms with Gasteiger partial charge in [0.1, 0.15) is 11.9 Å². The molecule has 1 aromatic rings. The summed E-state index contributed by atoms with van der Waals surface area (Å²) in [5, 5.41) is 7.36. The fourth-order valence-electron chi connectivity index (χ4n) is 2.83. The predicted molar refractivity (Wildman–Crippen MR) is 110 cm³/mol. The first-order valence-electron chi connectivity index (χ1n) is 9.12. The first-order chi connectivity index (χ1) is 12.0. The van der Waals surface area contributed by atoms with E-state index >= 15 is 0 Å². The number of carbonyl (C=O) groups excluding carboxylic acids is 1. The maximum absolute atomic E-state index is 11.4. The van der Waals surface area contributed by atoms with Gasteiger partial charge < -0.3 is 10.5 Å². The number of carbonyl (C=O) groups is 1. The van der Waals surface area contributed by atoms with E-state index in [0.29, 0.717) is 12.3 Å². The number of rotatable bonds is 6. The second-order valence-corrected chi connectivity index (χ2v) is 6.01. The lowest BCUT2D eigenvalue weighted by Crippen LogP contribution is -2.28. The topological polar surface area (TPSA) is 76.2 Å². The zero-order valence-electron chi connectivity index (χ0n) is 16.0. The van der Waals surface area contributed by atoms with Crippen molar-refractivity contribution in [3.63, 3.8) is 0 Å². The Morgan fingerprint density at radius 1 is 1.24 bits per heavy atom. The molecule has 1 aromatic carbocycles. The van der Waals surface area contributed by atoms with Gasteiger partial charge in [-0.25, -0.2) is 0 Å². The molecule has 1 aliphatic heterocycles. The number of amidine groups is 1. The number of nitrogens with one attached hydrogen (secondary N) is 1. The molecule has 0 bridgehead atoms. The SMILES string of the molecule is CC.CC1CC(=O)OC(CCCCc2ccc(C(=N)N)cc2)C1.CS. The number of cyclic esters (lactones) is 1. The minimum absolute atomic E-state index is 0.0430. The molecule has 1 fully saturated rings. The zero-order chi connectivity index (χ0) is 19.2. The maximum Gasteiger partial charge on any atom is 0.306 e. The lowest BCUT2D eigenvalue weighted by atomic mass is 9.94. The third kappa shape index (κ3) is 9.54. The third-order valence-electron chi connectivity index (χ3n) is 3.98. The Hall–Kier alpha value is -1.49. The maximum atomic E-state index is 11.4. The van der Waals surface area contributed by atoms with E-state index in [9.17, 15) is 4.79 Å². The van der Waals surface area contributed by atoms with Crippen molar-refractivity contribution < 1.29 is 9.53 Å². The molecule has 2 rings (SSSR count). The van der Waals surface area contributed by atoms with Crippen LogP contribution in [-0.2, 0) is 16.0 Å². The number of nitrogens with two attached hydrogens (primary N) is 1. The fraction of sp³-hybridized carbons (Fsp3) is 0.600. The Balaban J connectivity index is 0.00000134. The van der Waals surface area contributed by atoms with Crippen molar-refractivity contribution in [2.24, 2.45) is 11.7 Å². The molecule has 0 amide bonds. The highest BCUT2D eigenvalue weighted by atomic mass is 32.1. The lowest BCUT2D eigenvalue weighted by molar-refractivity contribution is -0.156. The van der Waals surface area contributed by atoms with E-state index in [1.165, 1.54) is 5.56 Å². The number of thiol groups is 1. The minimum Gasteiger partial charge on any atom is -0.462 e. The standard InChI is InChI=1S/C17H24N2O2.C2H6.CH4S/c1-12-10-15(21-16(20)11-12)5-3-2-4-13-6-8-14(9-7-13)17(18)19;2*1-2/h6-9,12,15H,2-5,10-11H2,1H3,(H3,18,19);1-2H3;2H,1H3. The van der Waals surface area contributed by atoms with Gasteiger partial charge in [-0.3, -0.25) is 10.2 Å². The van der Waals surface area contributed by atoms with Crippen molar-refractivity contribution in [3.8, 4) is 0 Å². The summed E-state index contributed by atoms with van der Waals surface area (Å²) in [6.07, 6.45) is 7.50. The molecule has 0 spiro atoms. The molecule has 1 saturated heterocycles. The third-order valence-corrected chi connectivity index (χ3v) is 3.98. The van der Waals surface area contributed by atoms with E-state index in [0.717, 1.165) is 37.7 Å². The summed E-state index contributed by atoms with van der Waals surface area (Å²) >= 11 is 3.53. The highest BCUT2D eigenvalue weighted by Crippen LogP contribution is 2.24. The van der Waals surface area contributed by atoms with Crippen LogP contribution in [0.3, 0.4) is 0 Å². The Morgan fingerprint density at radius 2 is 1.84 bits per heavy atom. The van der Waals surface area contributed by atoms with Crippen LogP contribution >= 0.6 is 12.6 Å². The van der Waals surface area contributed by atoms with Crippen LogP contribution < -0.4 is 5.73 Å². The van der Waals surface area contributed by atoms with Gasteiger partial charge in [0.15, 0.2) is 0 Å². The summed E-state index contributed by atoms with van der Waals surface area (Å²) in [5.41, 5.74) is 7.46. The van der Waals surface area contributed by atoms with Gasteiger partial charge in [0.05, 0.1) is 0 Å². The molecule has 25 heavy (non-hydrogen) atoms. The van der Waals surface area contributed by atoms with Crippen molar-refractivity contribution in [1.82, 2.24) is 0 Å². The average Bonchev–Trinajstić information content (AvgIpc) is 2.62. The van der Waals surface area contributed by atoms with Crippen molar-refractivity contribution in [2.45, 2.75) is 65.4 Å². The molecule has 2 unspecified atom stereocenters. The largest absolute Gasteiger partial charge is 0.462 e. The second kappa shape index (κ2) is 13.8. The molecule has 0 aromatic heterocycles. The molecule has 4 nitrogen and oxygen atoms in total. The van der Waals surface area contributed by atoms with Gasteiger partial charge in [0.25, 0.3) is 0 Å². The predicted octanol–water partition coefficient (Wildman–Crippen LogP) is 4.60. The first-order valence-corrected chi connectivity index (χ1v) is 10.0. The molecule has 1 aliphatic rings. The van der Waals surface area contributed by atoms with Crippen LogP contribution in [0.1, 0.15) is 64.0 Å². The Morgan fingerprint density at radius 3 is 2.36 bits per heavy atom. The van der Waals surface area contributed by atoms with Crippen molar-refractivity contribution >= 4 is 24.4 Å². The quantitative estimate of drug-likeness (QED) is 0.226. The molecule has 1 heterocycles. The number of unbranched alkanes of at least 4 members (excludes halogenated alkanes) is 1. The number of hydrogen-bond donors (Lipinski definition) is 3. The van der Waals surface area contributed by atoms with Gasteiger partial charge in [-0.15, -0.1) is 0 Å². The molecule has 3 N–H and O–H groups in total. The molecule has 2 atom stereocenters. The fourth-order valence-corrected chi connectivity index (χ4v) is 2.83. The summed E-state index contributed by atoms with van der Waals surface area (Å²) in [7, 11) is 0. The molecular weight excluding hydrogens is 332 g/mol. The molecule has 0 aliphatic carbocycles. The Kier molecular flexibility index (Phi) is 12.9. The number of hydrogen-bond acceptors (Lipinski definition) is 4. The number of ether oxygens (including phenoxy) is 1. The van der Waals surface area contributed by atoms with Crippen molar-refractivity contribution in [2.75, 3.05) is 6.26 Å². The van der Waals surface area contributed by atoms with Gasteiger partial charge in [0.2, 0.25) is 0 Å². The van der Waals surface area contributed by atoms with E-state index < -0.39 is 0 Å². The number of aryl methyl sites for hydroxylation is 1. The highest BCUT2D eigenvalue weighted by molar-refractivity contribution is 7.79. The summed E-state index contributed by atoms with van der Waals surface area (Å²) in [5.74, 6) is 0.517. The molecule has 5 heteroatoms. The van der Waals surface area contributed by atoms with E-state index in [2.05, 4.69) is 19.6 Å². The molecule has 0 radical (unpaired) electrons. The van der Waals surface area contributed by atoms with Crippen LogP contribution in [0, 0.1) is 11.3 Å². The monoisotopic (exact) mass is 366 g/mol. The van der Waals surface area contributed by atoms with E-state index in [1.807, 2.05) is 38.1 Å². The van der Waals surface area contributed by atoms with Crippen LogP contribution in [-0.4, -0.2) is 24.2 Å².